The van der Waals surface area contributed by atoms with Gasteiger partial charge in [0, 0.05) is 0 Å². The van der Waals surface area contributed by atoms with Gasteiger partial charge in [0.15, 0.2) is 5.25 Å². The molecule has 0 spiro atoms. The molecule has 1 fully saturated rings. The minimum atomic E-state index is -4.42. The number of imide groups is 1. The summed E-state index contributed by atoms with van der Waals surface area (Å²) in [6.45, 7) is 0. The molecule has 0 aromatic heterocycles. The van der Waals surface area contributed by atoms with Crippen molar-refractivity contribution in [2.45, 2.75) is 11.7 Å². The van der Waals surface area contributed by atoms with E-state index in [0.29, 0.717) is 0 Å². The number of hydrogen-bond acceptors (Lipinski definition) is 4. The summed E-state index contributed by atoms with van der Waals surface area (Å²) in [6.07, 6.45) is -0.488. The van der Waals surface area contributed by atoms with Crippen molar-refractivity contribution < 1.29 is 28.0 Å². The molecule has 70 valence electrons. The van der Waals surface area contributed by atoms with E-state index in [9.17, 15) is 18.0 Å². The highest BCUT2D eigenvalue weighted by Crippen LogP contribution is 2.09. The molecular formula is C4H7NO6S. The molecule has 0 bridgehead atoms. The molecule has 1 unspecified atom stereocenters. The molecule has 7 nitrogen and oxygen atoms in total. The predicted molar refractivity (Wildman–Crippen MR) is 36.7 cm³/mol. The Morgan fingerprint density at radius 2 is 1.92 bits per heavy atom. The van der Waals surface area contributed by atoms with E-state index >= 15 is 0 Å². The third-order valence-electron chi connectivity index (χ3n) is 1.29. The lowest BCUT2D eigenvalue weighted by atomic mass is 10.4. The molecule has 1 heterocycles. The lowest BCUT2D eigenvalue weighted by molar-refractivity contribution is -0.124. The zero-order valence-corrected chi connectivity index (χ0v) is 6.59. The standard InChI is InChI=1S/C4H5NO5S.H2O/c6-3-1-2(4(7)5-3)11(8,9)10;/h2H,1H2,(H,5,6,7)(H,8,9,10);1H2. The second-order valence-electron chi connectivity index (χ2n) is 2.12. The second kappa shape index (κ2) is 3.17. The molecule has 12 heavy (non-hydrogen) atoms. The third-order valence-corrected chi connectivity index (χ3v) is 2.39. The fourth-order valence-corrected chi connectivity index (χ4v) is 1.46. The summed E-state index contributed by atoms with van der Waals surface area (Å²) in [4.78, 5) is 21.0. The molecule has 1 saturated heterocycles. The van der Waals surface area contributed by atoms with Crippen LogP contribution in [-0.2, 0) is 19.7 Å². The average Bonchev–Trinajstić information content (AvgIpc) is 2.08. The Bertz CT molecular complexity index is 306. The maximum Gasteiger partial charge on any atom is 0.277 e. The van der Waals surface area contributed by atoms with Crippen molar-refractivity contribution in [1.82, 2.24) is 5.32 Å². The molecular weight excluding hydrogens is 190 g/mol. The van der Waals surface area contributed by atoms with Crippen LogP contribution in [0, 0.1) is 0 Å². The van der Waals surface area contributed by atoms with Crippen molar-refractivity contribution in [1.29, 1.82) is 0 Å². The fraction of sp³-hybridized carbons (Fsp3) is 0.500. The molecule has 0 radical (unpaired) electrons. The summed E-state index contributed by atoms with van der Waals surface area (Å²) in [5.41, 5.74) is 0. The maximum atomic E-state index is 10.6. The monoisotopic (exact) mass is 197 g/mol. The van der Waals surface area contributed by atoms with Gasteiger partial charge >= 0.3 is 0 Å². The Hall–Kier alpha value is -0.990. The predicted octanol–water partition coefficient (Wildman–Crippen LogP) is -2.54. The highest BCUT2D eigenvalue weighted by atomic mass is 32.2. The Morgan fingerprint density at radius 1 is 1.42 bits per heavy atom. The van der Waals surface area contributed by atoms with E-state index in [4.69, 9.17) is 4.55 Å². The van der Waals surface area contributed by atoms with Crippen LogP contribution in [0.15, 0.2) is 0 Å². The molecule has 1 rings (SSSR count). The van der Waals surface area contributed by atoms with Crippen LogP contribution in [0.1, 0.15) is 6.42 Å². The number of nitrogens with one attached hydrogen (secondary N) is 1. The van der Waals surface area contributed by atoms with Crippen LogP contribution in [0.2, 0.25) is 0 Å². The normalized spacial score (nSPS) is 23.2. The minimum absolute atomic E-state index is 0. The number of carbonyl (C=O) groups excluding carboxylic acids is 2. The van der Waals surface area contributed by atoms with E-state index in [-0.39, 0.29) is 5.48 Å². The smallest absolute Gasteiger partial charge is 0.277 e. The second-order valence-corrected chi connectivity index (χ2v) is 3.72. The van der Waals surface area contributed by atoms with Crippen molar-refractivity contribution in [3.8, 4) is 0 Å². The average molecular weight is 197 g/mol. The first-order chi connectivity index (χ1) is 4.91. The lowest BCUT2D eigenvalue weighted by Crippen LogP contribution is -2.30. The summed E-state index contributed by atoms with van der Waals surface area (Å²) >= 11 is 0. The Labute approximate surface area is 67.8 Å². The van der Waals surface area contributed by atoms with Crippen LogP contribution in [-0.4, -0.2) is 35.5 Å². The zero-order valence-electron chi connectivity index (χ0n) is 5.77. The summed E-state index contributed by atoms with van der Waals surface area (Å²) in [6, 6.07) is 0. The van der Waals surface area contributed by atoms with Crippen molar-refractivity contribution in [2.24, 2.45) is 0 Å². The number of hydrogen-bond donors (Lipinski definition) is 2. The third kappa shape index (κ3) is 2.00. The van der Waals surface area contributed by atoms with Crippen LogP contribution in [0.3, 0.4) is 0 Å². The van der Waals surface area contributed by atoms with Crippen LogP contribution in [0.4, 0.5) is 0 Å². The number of carbonyl (C=O) groups is 2. The summed E-state index contributed by atoms with van der Waals surface area (Å²) in [5.74, 6) is -1.64. The zero-order chi connectivity index (χ0) is 8.65. The van der Waals surface area contributed by atoms with E-state index in [1.54, 1.807) is 5.32 Å². The molecule has 4 N–H and O–H groups in total. The molecule has 1 aliphatic heterocycles. The molecule has 8 heteroatoms. The van der Waals surface area contributed by atoms with Crippen molar-refractivity contribution in [3.05, 3.63) is 0 Å². The van der Waals surface area contributed by atoms with Crippen LogP contribution in [0.5, 0.6) is 0 Å². The topological polar surface area (TPSA) is 132 Å². The van der Waals surface area contributed by atoms with E-state index in [1.165, 1.54) is 0 Å². The molecule has 1 aliphatic rings. The van der Waals surface area contributed by atoms with E-state index in [0.717, 1.165) is 0 Å². The van der Waals surface area contributed by atoms with Gasteiger partial charge in [0.2, 0.25) is 11.8 Å². The number of amides is 2. The van der Waals surface area contributed by atoms with Gasteiger partial charge in [-0.05, 0) is 0 Å². The Morgan fingerprint density at radius 3 is 2.08 bits per heavy atom. The van der Waals surface area contributed by atoms with E-state index < -0.39 is 33.6 Å². The van der Waals surface area contributed by atoms with Crippen LogP contribution < -0.4 is 5.32 Å². The minimum Gasteiger partial charge on any atom is -0.412 e. The van der Waals surface area contributed by atoms with Gasteiger partial charge < -0.3 is 5.48 Å². The molecule has 0 aromatic carbocycles. The maximum absolute atomic E-state index is 10.6. The van der Waals surface area contributed by atoms with Gasteiger partial charge in [0.05, 0.1) is 6.42 Å². The summed E-state index contributed by atoms with van der Waals surface area (Å²) in [5, 5.41) is 0.141. The van der Waals surface area contributed by atoms with Crippen molar-refractivity contribution in [3.63, 3.8) is 0 Å². The summed E-state index contributed by atoms with van der Waals surface area (Å²) < 4.78 is 29.0. The first-order valence-electron chi connectivity index (χ1n) is 2.71. The Balaban J connectivity index is 0.00000121. The van der Waals surface area contributed by atoms with Gasteiger partial charge in [-0.1, -0.05) is 0 Å². The van der Waals surface area contributed by atoms with Gasteiger partial charge in [-0.15, -0.1) is 0 Å². The lowest BCUT2D eigenvalue weighted by Gasteiger charge is -1.98. The highest BCUT2D eigenvalue weighted by Gasteiger charge is 2.39. The Kier molecular flexibility index (Phi) is 2.91. The van der Waals surface area contributed by atoms with E-state index in [2.05, 4.69) is 0 Å². The van der Waals surface area contributed by atoms with Gasteiger partial charge in [0.1, 0.15) is 0 Å². The first kappa shape index (κ1) is 11.0. The molecule has 2 amide bonds. The van der Waals surface area contributed by atoms with Gasteiger partial charge in [-0.2, -0.15) is 8.42 Å². The van der Waals surface area contributed by atoms with Gasteiger partial charge in [-0.25, -0.2) is 0 Å². The van der Waals surface area contributed by atoms with Crippen LogP contribution >= 0.6 is 0 Å². The molecule has 0 saturated carbocycles. The van der Waals surface area contributed by atoms with Gasteiger partial charge in [0.25, 0.3) is 10.1 Å². The van der Waals surface area contributed by atoms with Crippen LogP contribution in [0.25, 0.3) is 0 Å². The number of rotatable bonds is 1. The SMILES string of the molecule is O.O=C1CC(S(=O)(=O)O)C(=O)N1. The fourth-order valence-electron chi connectivity index (χ4n) is 0.771. The van der Waals surface area contributed by atoms with Gasteiger partial charge in [-0.3, -0.25) is 19.5 Å². The molecule has 1 atom stereocenters. The largest absolute Gasteiger partial charge is 0.412 e. The molecule has 0 aliphatic carbocycles. The van der Waals surface area contributed by atoms with E-state index in [1.807, 2.05) is 0 Å². The quantitative estimate of drug-likeness (QED) is 0.353. The van der Waals surface area contributed by atoms with Crippen molar-refractivity contribution in [2.75, 3.05) is 0 Å². The highest BCUT2D eigenvalue weighted by molar-refractivity contribution is 7.87. The first-order valence-corrected chi connectivity index (χ1v) is 4.21. The van der Waals surface area contributed by atoms with Crippen molar-refractivity contribution >= 4 is 21.9 Å². The molecule has 0 aromatic rings. The summed E-state index contributed by atoms with van der Waals surface area (Å²) in [7, 11) is -4.42.